The number of halogens is 1. The average molecular weight is 244 g/mol. The number of anilines is 1. The predicted molar refractivity (Wildman–Crippen MR) is 58.9 cm³/mol. The molecule has 6 heteroatoms. The summed E-state index contributed by atoms with van der Waals surface area (Å²) in [5, 5.41) is 9.32. The summed E-state index contributed by atoms with van der Waals surface area (Å²) in [6.07, 6.45) is -0.191. The molecule has 16 heavy (non-hydrogen) atoms. The van der Waals surface area contributed by atoms with Crippen LogP contribution in [0.1, 0.15) is 0 Å². The maximum Gasteiger partial charge on any atom is 0.414 e. The fourth-order valence-electron chi connectivity index (χ4n) is 1.01. The standard InChI is InChI=1S/C10H10ClNO4/c1-12(10(15)16-5-4-13)7-2-3-9(14)8(11)6-7/h2-4,6,14H,5H2,1H3. The van der Waals surface area contributed by atoms with Crippen LogP contribution in [0.5, 0.6) is 5.75 Å². The lowest BCUT2D eigenvalue weighted by Crippen LogP contribution is -2.27. The third-order valence-electron chi connectivity index (χ3n) is 1.87. The third kappa shape index (κ3) is 2.87. The summed E-state index contributed by atoms with van der Waals surface area (Å²) < 4.78 is 4.59. The summed E-state index contributed by atoms with van der Waals surface area (Å²) in [6, 6.07) is 4.28. The molecule has 5 nitrogen and oxygen atoms in total. The Bertz CT molecular complexity index is 408. The quantitative estimate of drug-likeness (QED) is 0.823. The molecule has 1 rings (SSSR count). The molecule has 0 atom stereocenters. The van der Waals surface area contributed by atoms with Crippen LogP contribution in [0.3, 0.4) is 0 Å². The maximum atomic E-state index is 11.3. The van der Waals surface area contributed by atoms with Crippen molar-refractivity contribution in [2.75, 3.05) is 18.6 Å². The second kappa shape index (κ2) is 5.37. The number of carbonyl (C=O) groups is 2. The van der Waals surface area contributed by atoms with Gasteiger partial charge in [-0.3, -0.25) is 9.69 Å². The summed E-state index contributed by atoms with van der Waals surface area (Å²) in [5.74, 6) is -0.0694. The number of benzene rings is 1. The molecule has 0 saturated carbocycles. The number of rotatable bonds is 3. The number of phenolic OH excluding ortho intramolecular Hbond substituents is 1. The van der Waals surface area contributed by atoms with E-state index in [4.69, 9.17) is 11.6 Å². The highest BCUT2D eigenvalue weighted by Crippen LogP contribution is 2.27. The van der Waals surface area contributed by atoms with Crippen molar-refractivity contribution in [3.8, 4) is 5.75 Å². The largest absolute Gasteiger partial charge is 0.506 e. The normalized spacial score (nSPS) is 9.62. The molecule has 0 fully saturated rings. The fourth-order valence-corrected chi connectivity index (χ4v) is 1.19. The number of hydrogen-bond donors (Lipinski definition) is 1. The van der Waals surface area contributed by atoms with Gasteiger partial charge in [-0.05, 0) is 18.2 Å². The highest BCUT2D eigenvalue weighted by Gasteiger charge is 2.13. The van der Waals surface area contributed by atoms with Crippen molar-refractivity contribution in [1.82, 2.24) is 0 Å². The Kier molecular flexibility index (Phi) is 4.13. The van der Waals surface area contributed by atoms with Crippen LogP contribution in [0.25, 0.3) is 0 Å². The van der Waals surface area contributed by atoms with Gasteiger partial charge in [-0.15, -0.1) is 0 Å². The second-order valence-corrected chi connectivity index (χ2v) is 3.35. The molecule has 0 unspecified atom stereocenters. The van der Waals surface area contributed by atoms with Gasteiger partial charge in [-0.2, -0.15) is 0 Å². The van der Waals surface area contributed by atoms with Crippen molar-refractivity contribution in [3.05, 3.63) is 23.2 Å². The maximum absolute atomic E-state index is 11.3. The highest BCUT2D eigenvalue weighted by molar-refractivity contribution is 6.32. The van der Waals surface area contributed by atoms with E-state index in [-0.39, 0.29) is 17.4 Å². The van der Waals surface area contributed by atoms with Gasteiger partial charge in [0, 0.05) is 12.7 Å². The molecule has 0 aromatic heterocycles. The number of aldehydes is 1. The van der Waals surface area contributed by atoms with Gasteiger partial charge in [-0.1, -0.05) is 11.6 Å². The molecular formula is C10H10ClNO4. The van der Waals surface area contributed by atoms with Crippen molar-refractivity contribution in [1.29, 1.82) is 0 Å². The van der Waals surface area contributed by atoms with Crippen LogP contribution in [0.2, 0.25) is 5.02 Å². The zero-order chi connectivity index (χ0) is 12.1. The van der Waals surface area contributed by atoms with E-state index in [1.165, 1.54) is 30.1 Å². The van der Waals surface area contributed by atoms with Crippen molar-refractivity contribution in [2.45, 2.75) is 0 Å². The lowest BCUT2D eigenvalue weighted by molar-refractivity contribution is -0.110. The van der Waals surface area contributed by atoms with E-state index in [2.05, 4.69) is 4.74 Å². The van der Waals surface area contributed by atoms with E-state index < -0.39 is 6.09 Å². The monoisotopic (exact) mass is 243 g/mol. The van der Waals surface area contributed by atoms with Gasteiger partial charge < -0.3 is 9.84 Å². The summed E-state index contributed by atoms with van der Waals surface area (Å²) in [7, 11) is 1.47. The molecule has 0 aliphatic rings. The van der Waals surface area contributed by atoms with Crippen molar-refractivity contribution in [3.63, 3.8) is 0 Å². The van der Waals surface area contributed by atoms with Gasteiger partial charge in [0.15, 0.2) is 6.29 Å². The van der Waals surface area contributed by atoms with Gasteiger partial charge in [0.1, 0.15) is 12.4 Å². The minimum Gasteiger partial charge on any atom is -0.506 e. The molecular weight excluding hydrogens is 234 g/mol. The number of aromatic hydroxyl groups is 1. The van der Waals surface area contributed by atoms with E-state index in [1.54, 1.807) is 0 Å². The minimum absolute atomic E-state index is 0.0694. The molecule has 1 aromatic carbocycles. The average Bonchev–Trinajstić information content (AvgIpc) is 2.28. The van der Waals surface area contributed by atoms with Gasteiger partial charge >= 0.3 is 6.09 Å². The van der Waals surface area contributed by atoms with Crippen LogP contribution in [-0.2, 0) is 9.53 Å². The van der Waals surface area contributed by atoms with Gasteiger partial charge in [0.2, 0.25) is 0 Å². The number of carbonyl (C=O) groups excluding carboxylic acids is 2. The Labute approximate surface area is 97.2 Å². The van der Waals surface area contributed by atoms with E-state index in [1.807, 2.05) is 0 Å². The van der Waals surface area contributed by atoms with E-state index in [0.717, 1.165) is 0 Å². The molecule has 0 aliphatic carbocycles. The number of nitrogens with zero attached hydrogens (tertiary/aromatic N) is 1. The Morgan fingerprint density at radius 1 is 1.62 bits per heavy atom. The molecule has 1 N–H and O–H groups in total. The van der Waals surface area contributed by atoms with Gasteiger partial charge in [0.05, 0.1) is 5.02 Å². The summed E-state index contributed by atoms with van der Waals surface area (Å²) >= 11 is 5.68. The molecule has 0 bridgehead atoms. The van der Waals surface area contributed by atoms with Crippen LogP contribution in [0, 0.1) is 0 Å². The summed E-state index contributed by atoms with van der Waals surface area (Å²) in [6.45, 7) is -0.297. The molecule has 1 amide bonds. The van der Waals surface area contributed by atoms with Crippen molar-refractivity contribution >= 4 is 29.7 Å². The molecule has 0 radical (unpaired) electrons. The fraction of sp³-hybridized carbons (Fsp3) is 0.200. The number of hydrogen-bond acceptors (Lipinski definition) is 4. The number of amides is 1. The molecule has 0 saturated heterocycles. The van der Waals surface area contributed by atoms with Crippen molar-refractivity contribution in [2.24, 2.45) is 0 Å². The first-order valence-corrected chi connectivity index (χ1v) is 4.76. The van der Waals surface area contributed by atoms with Crippen LogP contribution in [-0.4, -0.2) is 31.1 Å². The topological polar surface area (TPSA) is 66.8 Å². The minimum atomic E-state index is -0.672. The third-order valence-corrected chi connectivity index (χ3v) is 2.17. The number of ether oxygens (including phenoxy) is 1. The first-order valence-electron chi connectivity index (χ1n) is 4.39. The molecule has 0 aliphatic heterocycles. The van der Waals surface area contributed by atoms with Crippen molar-refractivity contribution < 1.29 is 19.4 Å². The number of phenols is 1. The van der Waals surface area contributed by atoms with E-state index in [9.17, 15) is 14.7 Å². The SMILES string of the molecule is CN(C(=O)OCC=O)c1ccc(O)c(Cl)c1. The molecule has 0 heterocycles. The van der Waals surface area contributed by atoms with Gasteiger partial charge in [0.25, 0.3) is 0 Å². The van der Waals surface area contributed by atoms with Crippen LogP contribution < -0.4 is 4.90 Å². The highest BCUT2D eigenvalue weighted by atomic mass is 35.5. The lowest BCUT2D eigenvalue weighted by atomic mass is 10.3. The van der Waals surface area contributed by atoms with E-state index >= 15 is 0 Å². The molecule has 86 valence electrons. The Morgan fingerprint density at radius 3 is 2.88 bits per heavy atom. The van der Waals surface area contributed by atoms with Crippen LogP contribution in [0.15, 0.2) is 18.2 Å². The first-order chi connectivity index (χ1) is 7.56. The lowest BCUT2D eigenvalue weighted by Gasteiger charge is -2.16. The van der Waals surface area contributed by atoms with Crippen LogP contribution in [0.4, 0.5) is 10.5 Å². The Morgan fingerprint density at radius 2 is 2.31 bits per heavy atom. The summed E-state index contributed by atoms with van der Waals surface area (Å²) in [4.78, 5) is 22.5. The first kappa shape index (κ1) is 12.3. The smallest absolute Gasteiger partial charge is 0.414 e. The zero-order valence-electron chi connectivity index (χ0n) is 8.51. The summed E-state index contributed by atoms with van der Waals surface area (Å²) in [5.41, 5.74) is 0.457. The second-order valence-electron chi connectivity index (χ2n) is 2.94. The zero-order valence-corrected chi connectivity index (χ0v) is 9.27. The Balaban J connectivity index is 2.79. The van der Waals surface area contributed by atoms with Crippen LogP contribution >= 0.6 is 11.6 Å². The predicted octanol–water partition coefficient (Wildman–Crippen LogP) is 1.82. The van der Waals surface area contributed by atoms with E-state index in [0.29, 0.717) is 12.0 Å². The molecule has 0 spiro atoms. The van der Waals surface area contributed by atoms with Gasteiger partial charge in [-0.25, -0.2) is 4.79 Å². The Hall–Kier alpha value is -1.75. The molecule has 1 aromatic rings.